The number of nitrogens with one attached hydrogen (secondary N) is 1. The maximum atomic E-state index is 5.13. The third kappa shape index (κ3) is 2.82. The quantitative estimate of drug-likeness (QED) is 0.615. The highest BCUT2D eigenvalue weighted by molar-refractivity contribution is 4.68. The zero-order valence-electron chi connectivity index (χ0n) is 6.77. The molecule has 0 aliphatic heterocycles. The molecule has 0 rings (SSSR count). The Morgan fingerprint density at radius 3 is 2.22 bits per heavy atom. The summed E-state index contributed by atoms with van der Waals surface area (Å²) in [5, 5.41) is 3.18. The van der Waals surface area contributed by atoms with Crippen LogP contribution in [0.2, 0.25) is 0 Å². The van der Waals surface area contributed by atoms with Gasteiger partial charge in [-0.25, -0.2) is 0 Å². The van der Waals surface area contributed by atoms with Crippen LogP contribution in [0.1, 0.15) is 20.3 Å². The number of hydrogen-bond acceptors (Lipinski definition) is 2. The van der Waals surface area contributed by atoms with Gasteiger partial charge in [0.05, 0.1) is 6.10 Å². The number of rotatable bonds is 4. The lowest BCUT2D eigenvalue weighted by Gasteiger charge is -2.19. The lowest BCUT2D eigenvalue weighted by Crippen LogP contribution is -2.36. The van der Waals surface area contributed by atoms with Crippen LogP contribution >= 0.6 is 0 Å². The molecule has 0 fully saturated rings. The van der Waals surface area contributed by atoms with E-state index in [1.807, 2.05) is 7.05 Å². The van der Waals surface area contributed by atoms with Gasteiger partial charge in [-0.3, -0.25) is 0 Å². The first-order valence-corrected chi connectivity index (χ1v) is 3.46. The van der Waals surface area contributed by atoms with Crippen molar-refractivity contribution in [3.05, 3.63) is 0 Å². The molecule has 56 valence electrons. The van der Waals surface area contributed by atoms with Crippen LogP contribution in [-0.2, 0) is 4.74 Å². The van der Waals surface area contributed by atoms with Gasteiger partial charge < -0.3 is 10.1 Å². The molecule has 0 aromatic heterocycles. The highest BCUT2D eigenvalue weighted by Gasteiger charge is 2.10. The molecule has 0 amide bonds. The Labute approximate surface area is 57.6 Å². The molecule has 2 atom stereocenters. The van der Waals surface area contributed by atoms with Crippen molar-refractivity contribution in [2.45, 2.75) is 32.4 Å². The lowest BCUT2D eigenvalue weighted by atomic mass is 10.1. The fourth-order valence-electron chi connectivity index (χ4n) is 0.935. The van der Waals surface area contributed by atoms with Gasteiger partial charge in [0, 0.05) is 13.2 Å². The Morgan fingerprint density at radius 2 is 2.11 bits per heavy atom. The van der Waals surface area contributed by atoms with Crippen LogP contribution in [0.4, 0.5) is 0 Å². The molecule has 0 aromatic carbocycles. The Hall–Kier alpha value is -0.0800. The highest BCUT2D eigenvalue weighted by atomic mass is 16.5. The number of methoxy groups -OCH3 is 1. The van der Waals surface area contributed by atoms with Gasteiger partial charge >= 0.3 is 0 Å². The summed E-state index contributed by atoms with van der Waals surface area (Å²) in [4.78, 5) is 0. The largest absolute Gasteiger partial charge is 0.380 e. The molecule has 0 aromatic rings. The molecule has 2 heteroatoms. The molecule has 0 saturated carbocycles. The van der Waals surface area contributed by atoms with Gasteiger partial charge in [-0.05, 0) is 20.4 Å². The second-order valence-corrected chi connectivity index (χ2v) is 2.24. The molecule has 9 heavy (non-hydrogen) atoms. The van der Waals surface area contributed by atoms with E-state index < -0.39 is 0 Å². The van der Waals surface area contributed by atoms with Gasteiger partial charge in [0.1, 0.15) is 0 Å². The summed E-state index contributed by atoms with van der Waals surface area (Å²) in [6.45, 7) is 4.22. The van der Waals surface area contributed by atoms with Crippen LogP contribution in [0.15, 0.2) is 0 Å². The molecule has 0 heterocycles. The van der Waals surface area contributed by atoms with E-state index in [0.717, 1.165) is 6.42 Å². The van der Waals surface area contributed by atoms with E-state index in [1.54, 1.807) is 7.11 Å². The smallest absolute Gasteiger partial charge is 0.0695 e. The first-order valence-electron chi connectivity index (χ1n) is 3.46. The van der Waals surface area contributed by atoms with Crippen molar-refractivity contribution in [2.75, 3.05) is 14.2 Å². The van der Waals surface area contributed by atoms with Crippen LogP contribution in [0, 0.1) is 0 Å². The predicted molar refractivity (Wildman–Crippen MR) is 39.6 cm³/mol. The Balaban J connectivity index is 3.50. The molecule has 0 radical (unpaired) electrons. The van der Waals surface area contributed by atoms with E-state index in [-0.39, 0.29) is 0 Å². The highest BCUT2D eigenvalue weighted by Crippen LogP contribution is 1.99. The fraction of sp³-hybridized carbons (Fsp3) is 1.00. The van der Waals surface area contributed by atoms with Gasteiger partial charge in [0.2, 0.25) is 0 Å². The normalized spacial score (nSPS) is 17.3. The topological polar surface area (TPSA) is 21.3 Å². The van der Waals surface area contributed by atoms with Crippen LogP contribution in [0.25, 0.3) is 0 Å². The van der Waals surface area contributed by atoms with Crippen molar-refractivity contribution in [1.82, 2.24) is 5.32 Å². The predicted octanol–water partition coefficient (Wildman–Crippen LogP) is 1.02. The molecule has 0 spiro atoms. The van der Waals surface area contributed by atoms with Crippen molar-refractivity contribution in [3.63, 3.8) is 0 Å². The molecular weight excluding hydrogens is 114 g/mol. The second-order valence-electron chi connectivity index (χ2n) is 2.24. The number of ether oxygens (including phenoxy) is 1. The van der Waals surface area contributed by atoms with Gasteiger partial charge in [0.25, 0.3) is 0 Å². The van der Waals surface area contributed by atoms with Crippen LogP contribution in [0.3, 0.4) is 0 Å². The molecule has 0 aliphatic rings. The Morgan fingerprint density at radius 1 is 1.56 bits per heavy atom. The number of likely N-dealkylation sites (N-methyl/N-ethyl adjacent to an activating group) is 1. The molecule has 0 saturated heterocycles. The van der Waals surface area contributed by atoms with Gasteiger partial charge in [-0.15, -0.1) is 0 Å². The summed E-state index contributed by atoms with van der Waals surface area (Å²) in [5.41, 5.74) is 0. The summed E-state index contributed by atoms with van der Waals surface area (Å²) in [6, 6.07) is 0.495. The summed E-state index contributed by atoms with van der Waals surface area (Å²) >= 11 is 0. The van der Waals surface area contributed by atoms with E-state index in [4.69, 9.17) is 4.74 Å². The summed E-state index contributed by atoms with van der Waals surface area (Å²) in [7, 11) is 3.70. The minimum Gasteiger partial charge on any atom is -0.380 e. The van der Waals surface area contributed by atoms with E-state index in [9.17, 15) is 0 Å². The molecule has 0 aliphatic carbocycles. The maximum absolute atomic E-state index is 5.13. The van der Waals surface area contributed by atoms with Crippen molar-refractivity contribution < 1.29 is 4.74 Å². The third-order valence-electron chi connectivity index (χ3n) is 1.75. The van der Waals surface area contributed by atoms with Crippen molar-refractivity contribution >= 4 is 0 Å². The zero-order valence-corrected chi connectivity index (χ0v) is 6.77. The lowest BCUT2D eigenvalue weighted by molar-refractivity contribution is 0.0844. The first-order chi connectivity index (χ1) is 4.26. The van der Waals surface area contributed by atoms with Crippen molar-refractivity contribution in [2.24, 2.45) is 0 Å². The van der Waals surface area contributed by atoms with E-state index in [0.29, 0.717) is 12.1 Å². The summed E-state index contributed by atoms with van der Waals surface area (Å²) in [5.74, 6) is 0. The fourth-order valence-corrected chi connectivity index (χ4v) is 0.935. The van der Waals surface area contributed by atoms with Gasteiger partial charge in [0.15, 0.2) is 0 Å². The average Bonchev–Trinajstić information content (AvgIpc) is 1.90. The monoisotopic (exact) mass is 131 g/mol. The van der Waals surface area contributed by atoms with Crippen LogP contribution < -0.4 is 5.32 Å². The molecule has 0 bridgehead atoms. The van der Waals surface area contributed by atoms with Crippen molar-refractivity contribution in [1.29, 1.82) is 0 Å². The number of hydrogen-bond donors (Lipinski definition) is 1. The second kappa shape index (κ2) is 4.77. The van der Waals surface area contributed by atoms with E-state index in [2.05, 4.69) is 19.2 Å². The van der Waals surface area contributed by atoms with Crippen LogP contribution in [0.5, 0.6) is 0 Å². The summed E-state index contributed by atoms with van der Waals surface area (Å²) in [6.07, 6.45) is 1.44. The average molecular weight is 131 g/mol. The maximum Gasteiger partial charge on any atom is 0.0695 e. The molecule has 2 unspecified atom stereocenters. The SMILES string of the molecule is CCC(NC)C(C)OC. The first kappa shape index (κ1) is 8.92. The Bertz CT molecular complexity index is 61.9. The van der Waals surface area contributed by atoms with Crippen LogP contribution in [-0.4, -0.2) is 26.3 Å². The zero-order chi connectivity index (χ0) is 7.28. The van der Waals surface area contributed by atoms with Gasteiger partial charge in [-0.2, -0.15) is 0 Å². The minimum absolute atomic E-state index is 0.319. The molecule has 1 N–H and O–H groups in total. The van der Waals surface area contributed by atoms with Gasteiger partial charge in [-0.1, -0.05) is 6.92 Å². The van der Waals surface area contributed by atoms with E-state index in [1.165, 1.54) is 0 Å². The van der Waals surface area contributed by atoms with Crippen molar-refractivity contribution in [3.8, 4) is 0 Å². The Kier molecular flexibility index (Phi) is 4.72. The van der Waals surface area contributed by atoms with E-state index >= 15 is 0 Å². The standard InChI is InChI=1S/C7H17NO/c1-5-7(8-3)6(2)9-4/h6-8H,5H2,1-4H3. The minimum atomic E-state index is 0.319. The third-order valence-corrected chi connectivity index (χ3v) is 1.75. The molecular formula is C7H17NO. The molecule has 2 nitrogen and oxygen atoms in total. The summed E-state index contributed by atoms with van der Waals surface area (Å²) < 4.78 is 5.13.